The summed E-state index contributed by atoms with van der Waals surface area (Å²) in [5.41, 5.74) is 0.915. The molecule has 0 unspecified atom stereocenters. The molecule has 2 rings (SSSR count). The zero-order chi connectivity index (χ0) is 26.2. The monoisotopic (exact) mass is 542 g/mol. The zero-order valence-electron chi connectivity index (χ0n) is 20.4. The van der Waals surface area contributed by atoms with Gasteiger partial charge in [-0.25, -0.2) is 4.31 Å². The molecule has 0 aromatic heterocycles. The maximum atomic E-state index is 13.6. The lowest BCUT2D eigenvalue weighted by molar-refractivity contribution is -0.139. The first-order chi connectivity index (χ1) is 16.5. The summed E-state index contributed by atoms with van der Waals surface area (Å²) >= 11 is 12.4. The quantitative estimate of drug-likeness (QED) is 0.411. The van der Waals surface area contributed by atoms with Crippen molar-refractivity contribution in [3.63, 3.8) is 0 Å². The van der Waals surface area contributed by atoms with Crippen molar-refractivity contribution in [1.29, 1.82) is 0 Å². The van der Waals surface area contributed by atoms with Gasteiger partial charge in [0.15, 0.2) is 0 Å². The molecular formula is C24H32Cl2N4O4S. The molecule has 0 bridgehead atoms. The fraction of sp³-hybridized carbons (Fsp3) is 0.417. The molecule has 0 heterocycles. The highest BCUT2D eigenvalue weighted by Gasteiger charge is 2.32. The first-order valence-electron chi connectivity index (χ1n) is 11.2. The maximum absolute atomic E-state index is 13.6. The highest BCUT2D eigenvalue weighted by atomic mass is 35.5. The van der Waals surface area contributed by atoms with E-state index in [9.17, 15) is 18.0 Å². The first kappa shape index (κ1) is 28.9. The molecule has 11 heteroatoms. The number of halogens is 2. The third-order valence-corrected chi connectivity index (χ3v) is 7.82. The lowest BCUT2D eigenvalue weighted by Crippen LogP contribution is -2.52. The predicted molar refractivity (Wildman–Crippen MR) is 141 cm³/mol. The number of amides is 2. The second kappa shape index (κ2) is 13.1. The zero-order valence-corrected chi connectivity index (χ0v) is 22.7. The van der Waals surface area contributed by atoms with Crippen molar-refractivity contribution in [2.45, 2.75) is 39.3 Å². The molecule has 0 saturated carbocycles. The van der Waals surface area contributed by atoms with Crippen LogP contribution in [0.5, 0.6) is 0 Å². The van der Waals surface area contributed by atoms with Gasteiger partial charge in [-0.2, -0.15) is 12.7 Å². The Kier molecular flexibility index (Phi) is 10.8. The van der Waals surface area contributed by atoms with Crippen molar-refractivity contribution in [3.8, 4) is 0 Å². The van der Waals surface area contributed by atoms with Gasteiger partial charge >= 0.3 is 10.2 Å². The van der Waals surface area contributed by atoms with Crippen molar-refractivity contribution in [2.75, 3.05) is 31.5 Å². The average Bonchev–Trinajstić information content (AvgIpc) is 2.82. The van der Waals surface area contributed by atoms with Crippen LogP contribution >= 0.6 is 23.2 Å². The van der Waals surface area contributed by atoms with E-state index >= 15 is 0 Å². The number of carbonyl (C=O) groups excluding carboxylic acids is 2. The Balaban J connectivity index is 2.42. The molecule has 0 fully saturated rings. The number of carbonyl (C=O) groups is 2. The summed E-state index contributed by atoms with van der Waals surface area (Å²) in [4.78, 5) is 27.8. The van der Waals surface area contributed by atoms with E-state index in [0.717, 1.165) is 21.5 Å². The number of nitrogens with one attached hydrogen (secondary N) is 1. The molecule has 2 amide bonds. The molecule has 1 N–H and O–H groups in total. The molecule has 0 spiro atoms. The third kappa shape index (κ3) is 7.83. The Morgan fingerprint density at radius 1 is 1.06 bits per heavy atom. The van der Waals surface area contributed by atoms with Crippen LogP contribution in [0.3, 0.4) is 0 Å². The van der Waals surface area contributed by atoms with E-state index in [1.54, 1.807) is 55.5 Å². The number of benzene rings is 2. The highest BCUT2D eigenvalue weighted by molar-refractivity contribution is 7.90. The van der Waals surface area contributed by atoms with Gasteiger partial charge in [0.1, 0.15) is 12.6 Å². The molecule has 35 heavy (non-hydrogen) atoms. The van der Waals surface area contributed by atoms with Crippen molar-refractivity contribution in [1.82, 2.24) is 14.5 Å². The van der Waals surface area contributed by atoms with Gasteiger partial charge in [0.25, 0.3) is 0 Å². The molecule has 2 aromatic rings. The number of rotatable bonds is 12. The van der Waals surface area contributed by atoms with Gasteiger partial charge in [-0.1, -0.05) is 60.8 Å². The van der Waals surface area contributed by atoms with E-state index < -0.39 is 28.7 Å². The minimum Gasteiger partial charge on any atom is -0.354 e. The minimum absolute atomic E-state index is 0.00183. The summed E-state index contributed by atoms with van der Waals surface area (Å²) in [6.07, 6.45) is 1.71. The molecule has 0 aliphatic carbocycles. The minimum atomic E-state index is -4.00. The van der Waals surface area contributed by atoms with E-state index in [4.69, 9.17) is 23.2 Å². The molecule has 0 aliphatic rings. The van der Waals surface area contributed by atoms with Crippen molar-refractivity contribution in [2.24, 2.45) is 0 Å². The van der Waals surface area contributed by atoms with Gasteiger partial charge in [-0.3, -0.25) is 9.59 Å². The molecule has 2 aromatic carbocycles. The second-order valence-corrected chi connectivity index (χ2v) is 11.1. The van der Waals surface area contributed by atoms with Gasteiger partial charge in [-0.05, 0) is 43.2 Å². The highest BCUT2D eigenvalue weighted by Crippen LogP contribution is 2.24. The number of hydrogen-bond donors (Lipinski definition) is 1. The normalized spacial score (nSPS) is 12.3. The fourth-order valence-electron chi connectivity index (χ4n) is 3.26. The first-order valence-corrected chi connectivity index (χ1v) is 13.4. The van der Waals surface area contributed by atoms with Crippen LogP contribution in [0.1, 0.15) is 32.3 Å². The molecule has 0 radical (unpaired) electrons. The van der Waals surface area contributed by atoms with E-state index in [1.807, 2.05) is 6.92 Å². The van der Waals surface area contributed by atoms with Crippen LogP contribution in [-0.2, 0) is 26.3 Å². The molecule has 8 nitrogen and oxygen atoms in total. The van der Waals surface area contributed by atoms with E-state index in [1.165, 1.54) is 19.0 Å². The molecule has 0 aliphatic heterocycles. The van der Waals surface area contributed by atoms with Crippen molar-refractivity contribution < 1.29 is 18.0 Å². The summed E-state index contributed by atoms with van der Waals surface area (Å²) in [5.74, 6) is -0.887. The molecule has 192 valence electrons. The fourth-order valence-corrected chi connectivity index (χ4v) is 4.79. The van der Waals surface area contributed by atoms with Crippen LogP contribution in [0.2, 0.25) is 10.0 Å². The Bertz CT molecular complexity index is 1110. The summed E-state index contributed by atoms with van der Waals surface area (Å²) in [6, 6.07) is 12.3. The average molecular weight is 544 g/mol. The molecule has 0 saturated heterocycles. The van der Waals surface area contributed by atoms with Crippen LogP contribution in [0.4, 0.5) is 5.69 Å². The number of nitrogens with zero attached hydrogens (tertiary/aromatic N) is 3. The lowest BCUT2D eigenvalue weighted by Gasteiger charge is -2.33. The number of unbranched alkanes of at least 4 members (excludes halogenated alkanes) is 1. The largest absolute Gasteiger partial charge is 0.354 e. The summed E-state index contributed by atoms with van der Waals surface area (Å²) < 4.78 is 28.2. The SMILES string of the molecule is CCCCNC(=O)[C@H](C)N(Cc1ccc(Cl)cc1Cl)C(=O)CN(c1ccccc1)S(=O)(=O)N(C)C. The van der Waals surface area contributed by atoms with Gasteiger partial charge in [-0.15, -0.1) is 0 Å². The van der Waals surface area contributed by atoms with E-state index in [2.05, 4.69) is 5.32 Å². The van der Waals surface area contributed by atoms with E-state index in [0.29, 0.717) is 27.8 Å². The van der Waals surface area contributed by atoms with Crippen LogP contribution in [0.15, 0.2) is 48.5 Å². The molecular weight excluding hydrogens is 511 g/mol. The Hall–Kier alpha value is -2.33. The number of anilines is 1. The summed E-state index contributed by atoms with van der Waals surface area (Å²) in [6.45, 7) is 3.60. The second-order valence-electron chi connectivity index (χ2n) is 8.21. The number of para-hydroxylation sites is 1. The van der Waals surface area contributed by atoms with Crippen LogP contribution in [0.25, 0.3) is 0 Å². The van der Waals surface area contributed by atoms with Gasteiger partial charge in [0.05, 0.1) is 5.69 Å². The van der Waals surface area contributed by atoms with Crippen LogP contribution < -0.4 is 9.62 Å². The standard InChI is InChI=1S/C24H32Cl2N4O4S/c1-5-6-14-27-24(32)18(2)29(16-19-12-13-20(25)15-22(19)26)23(31)17-30(35(33,34)28(3)4)21-10-8-7-9-11-21/h7-13,15,18H,5-6,14,16-17H2,1-4H3,(H,27,32)/t18-/m0/s1. The lowest BCUT2D eigenvalue weighted by atomic mass is 10.1. The Morgan fingerprint density at radius 2 is 1.71 bits per heavy atom. The third-order valence-electron chi connectivity index (χ3n) is 5.42. The smallest absolute Gasteiger partial charge is 0.304 e. The molecule has 1 atom stereocenters. The van der Waals surface area contributed by atoms with Gasteiger partial charge in [0.2, 0.25) is 11.8 Å². The Morgan fingerprint density at radius 3 is 2.29 bits per heavy atom. The van der Waals surface area contributed by atoms with Crippen LogP contribution in [0, 0.1) is 0 Å². The number of hydrogen-bond acceptors (Lipinski definition) is 4. The predicted octanol–water partition coefficient (Wildman–Crippen LogP) is 3.94. The van der Waals surface area contributed by atoms with E-state index in [-0.39, 0.29) is 12.5 Å². The summed E-state index contributed by atoms with van der Waals surface area (Å²) in [5, 5.41) is 3.62. The Labute approximate surface area is 218 Å². The van der Waals surface area contributed by atoms with Crippen molar-refractivity contribution >= 4 is 50.9 Å². The summed E-state index contributed by atoms with van der Waals surface area (Å²) in [7, 11) is -1.21. The van der Waals surface area contributed by atoms with Gasteiger partial charge < -0.3 is 10.2 Å². The maximum Gasteiger partial charge on any atom is 0.304 e. The topological polar surface area (TPSA) is 90.0 Å². The van der Waals surface area contributed by atoms with Gasteiger partial charge in [0, 0.05) is 37.2 Å². The van der Waals surface area contributed by atoms with Crippen molar-refractivity contribution in [3.05, 3.63) is 64.1 Å². The van der Waals surface area contributed by atoms with Crippen LogP contribution in [-0.4, -0.2) is 62.7 Å².